The molecule has 0 aliphatic rings. The minimum absolute atomic E-state index is 0.231. The Labute approximate surface area is 192 Å². The van der Waals surface area contributed by atoms with E-state index in [0.29, 0.717) is 0 Å². The lowest BCUT2D eigenvalue weighted by atomic mass is 10.1. The van der Waals surface area contributed by atoms with Crippen LogP contribution < -0.4 is 10.6 Å². The van der Waals surface area contributed by atoms with Crippen LogP contribution >= 0.6 is 17.2 Å². The minimum Gasteiger partial charge on any atom is -0.106 e. The normalized spacial score (nSPS) is 11.3. The van der Waals surface area contributed by atoms with Gasteiger partial charge in [0.1, 0.15) is 0 Å². The molecule has 3 aromatic rings. The van der Waals surface area contributed by atoms with Crippen molar-refractivity contribution in [3.05, 3.63) is 133 Å². The van der Waals surface area contributed by atoms with E-state index in [0.717, 1.165) is 5.31 Å². The second-order valence-corrected chi connectivity index (χ2v) is 10.2. The van der Waals surface area contributed by atoms with Crippen molar-refractivity contribution in [3.63, 3.8) is 0 Å². The van der Waals surface area contributed by atoms with Crippen molar-refractivity contribution < 1.29 is 0 Å². The van der Waals surface area contributed by atoms with E-state index in [2.05, 4.69) is 107 Å². The second kappa shape index (κ2) is 15.5. The van der Waals surface area contributed by atoms with Gasteiger partial charge in [0.15, 0.2) is 0 Å². The van der Waals surface area contributed by atoms with Gasteiger partial charge in [-0.1, -0.05) is 122 Å². The molecule has 0 saturated carbocycles. The lowest BCUT2D eigenvalue weighted by Gasteiger charge is -2.18. The predicted molar refractivity (Wildman–Crippen MR) is 146 cm³/mol. The fourth-order valence-electron chi connectivity index (χ4n) is 3.25. The molecule has 0 aliphatic carbocycles. The van der Waals surface area contributed by atoms with Crippen molar-refractivity contribution in [1.82, 2.24) is 0 Å². The van der Waals surface area contributed by atoms with E-state index >= 15 is 0 Å². The number of hydrogen-bond donors (Lipinski definition) is 0. The van der Waals surface area contributed by atoms with Gasteiger partial charge >= 0.3 is 0 Å². The Balaban J connectivity index is 0.000000366. The average molecular weight is 445 g/mol. The zero-order valence-corrected chi connectivity index (χ0v) is 20.6. The number of aryl methyl sites for hydroxylation is 1. The summed E-state index contributed by atoms with van der Waals surface area (Å²) in [5.74, 6) is 0. The summed E-state index contributed by atoms with van der Waals surface area (Å²) in [5.41, 5.74) is 1.45. The molecule has 0 aromatic heterocycles. The molecule has 3 rings (SSSR count). The van der Waals surface area contributed by atoms with Crippen LogP contribution in [-0.4, -0.2) is 6.16 Å². The lowest BCUT2D eigenvalue weighted by Crippen LogP contribution is -2.13. The molecule has 3 aromatic carbocycles. The highest BCUT2D eigenvalue weighted by atomic mass is 31.1. The van der Waals surface area contributed by atoms with Crippen LogP contribution in [0.3, 0.4) is 0 Å². The maximum atomic E-state index is 3.56. The minimum atomic E-state index is -0.231. The highest BCUT2D eigenvalue weighted by Crippen LogP contribution is 2.34. The maximum Gasteiger partial charge on any atom is -0.0195 e. The summed E-state index contributed by atoms with van der Waals surface area (Å²) in [6.45, 7) is 5.55. The fourth-order valence-corrected chi connectivity index (χ4v) is 6.00. The van der Waals surface area contributed by atoms with E-state index in [1.54, 1.807) is 6.08 Å². The number of unbranched alkanes of at least 4 members (excludes halogenated alkanes) is 1. The van der Waals surface area contributed by atoms with E-state index < -0.39 is 0 Å². The standard InChI is InChI=1S/C22H23P.C7H11P/c1-4-12-20(13-5-1)14-10-11-19-23(21-15-6-2-7-16-21)22-17-8-3-9-18-22;1-3-5-7(8)6-4-2/h1-9,12-13,15-18H,10-11,14,19H2;3-6H,1,8H2,2H3/b;6-4-,7-5+. The number of allylic oxidation sites excluding steroid dienone is 5. The summed E-state index contributed by atoms with van der Waals surface area (Å²) in [5, 5.41) is 4.14. The van der Waals surface area contributed by atoms with Gasteiger partial charge in [0.2, 0.25) is 0 Å². The molecule has 0 N–H and O–H groups in total. The summed E-state index contributed by atoms with van der Waals surface area (Å²) >= 11 is 0. The third-order valence-corrected chi connectivity index (χ3v) is 7.74. The first-order chi connectivity index (χ1) is 15.2. The Kier molecular flexibility index (Phi) is 12.5. The van der Waals surface area contributed by atoms with Crippen molar-refractivity contribution in [2.24, 2.45) is 0 Å². The highest BCUT2D eigenvalue weighted by molar-refractivity contribution is 7.73. The summed E-state index contributed by atoms with van der Waals surface area (Å²) < 4.78 is 0. The molecule has 31 heavy (non-hydrogen) atoms. The van der Waals surface area contributed by atoms with Gasteiger partial charge in [-0.15, -0.1) is 9.24 Å². The monoisotopic (exact) mass is 444 g/mol. The number of hydrogen-bond acceptors (Lipinski definition) is 0. The zero-order chi connectivity index (χ0) is 22.2. The van der Waals surface area contributed by atoms with Gasteiger partial charge in [-0.25, -0.2) is 0 Å². The van der Waals surface area contributed by atoms with Gasteiger partial charge in [-0.2, -0.15) is 0 Å². The molecular formula is C29H34P2. The largest absolute Gasteiger partial charge is 0.106 e. The van der Waals surface area contributed by atoms with Crippen LogP contribution in [0.25, 0.3) is 0 Å². The summed E-state index contributed by atoms with van der Waals surface area (Å²) in [4.78, 5) is 0. The Morgan fingerprint density at radius 1 is 0.806 bits per heavy atom. The van der Waals surface area contributed by atoms with Crippen molar-refractivity contribution >= 4 is 27.8 Å². The quantitative estimate of drug-likeness (QED) is 0.181. The number of benzene rings is 3. The zero-order valence-electron chi connectivity index (χ0n) is 18.5. The Bertz CT molecular complexity index is 873. The lowest BCUT2D eigenvalue weighted by molar-refractivity contribution is 0.801. The molecule has 0 fully saturated rings. The maximum absolute atomic E-state index is 3.56. The van der Waals surface area contributed by atoms with Gasteiger partial charge in [0.25, 0.3) is 0 Å². The molecule has 0 aliphatic heterocycles. The Morgan fingerprint density at radius 2 is 1.32 bits per heavy atom. The van der Waals surface area contributed by atoms with Gasteiger partial charge in [0.05, 0.1) is 0 Å². The van der Waals surface area contributed by atoms with Crippen LogP contribution in [0.15, 0.2) is 127 Å². The van der Waals surface area contributed by atoms with Crippen LogP contribution in [0, 0.1) is 0 Å². The third-order valence-electron chi connectivity index (χ3n) is 4.75. The van der Waals surface area contributed by atoms with Gasteiger partial charge in [-0.05, 0) is 61.8 Å². The molecule has 160 valence electrons. The highest BCUT2D eigenvalue weighted by Gasteiger charge is 2.12. The summed E-state index contributed by atoms with van der Waals surface area (Å²) in [6.07, 6.45) is 12.7. The van der Waals surface area contributed by atoms with Crippen LogP contribution in [0.4, 0.5) is 0 Å². The van der Waals surface area contributed by atoms with Gasteiger partial charge < -0.3 is 0 Å². The molecule has 0 amide bonds. The second-order valence-electron chi connectivity index (χ2n) is 7.17. The van der Waals surface area contributed by atoms with E-state index in [1.165, 1.54) is 41.6 Å². The fraction of sp³-hybridized carbons (Fsp3) is 0.172. The molecular weight excluding hydrogens is 410 g/mol. The molecule has 0 bridgehead atoms. The molecule has 0 spiro atoms. The van der Waals surface area contributed by atoms with E-state index in [9.17, 15) is 0 Å². The van der Waals surface area contributed by atoms with Crippen LogP contribution in [-0.2, 0) is 6.42 Å². The van der Waals surface area contributed by atoms with Crippen molar-refractivity contribution in [2.75, 3.05) is 6.16 Å². The predicted octanol–water partition coefficient (Wildman–Crippen LogP) is 7.65. The Morgan fingerprint density at radius 3 is 1.81 bits per heavy atom. The van der Waals surface area contributed by atoms with Crippen LogP contribution in [0.1, 0.15) is 25.3 Å². The number of rotatable bonds is 9. The summed E-state index contributed by atoms with van der Waals surface area (Å²) in [7, 11) is 2.37. The van der Waals surface area contributed by atoms with Gasteiger partial charge in [0, 0.05) is 0 Å². The molecule has 1 atom stereocenters. The van der Waals surface area contributed by atoms with E-state index in [4.69, 9.17) is 0 Å². The van der Waals surface area contributed by atoms with E-state index in [1.807, 2.05) is 25.2 Å². The topological polar surface area (TPSA) is 0 Å². The molecule has 0 nitrogen and oxygen atoms in total. The summed E-state index contributed by atoms with van der Waals surface area (Å²) in [6, 6.07) is 32.9. The first kappa shape index (κ1) is 25.0. The first-order valence-corrected chi connectivity index (χ1v) is 13.0. The van der Waals surface area contributed by atoms with E-state index in [-0.39, 0.29) is 7.92 Å². The molecule has 1 unspecified atom stereocenters. The van der Waals surface area contributed by atoms with Crippen LogP contribution in [0.2, 0.25) is 0 Å². The Hall–Kier alpha value is -2.26. The average Bonchev–Trinajstić information content (AvgIpc) is 2.82. The molecule has 0 heterocycles. The molecule has 2 heteroatoms. The SMILES string of the molecule is C=C/C=C(P)\C=C/C.c1ccc(CCCCP(c2ccccc2)c2ccccc2)cc1. The molecule has 0 saturated heterocycles. The van der Waals surface area contributed by atoms with Crippen molar-refractivity contribution in [3.8, 4) is 0 Å². The van der Waals surface area contributed by atoms with Gasteiger partial charge in [-0.3, -0.25) is 0 Å². The van der Waals surface area contributed by atoms with Crippen molar-refractivity contribution in [1.29, 1.82) is 0 Å². The smallest absolute Gasteiger partial charge is 0.0195 e. The first-order valence-electron chi connectivity index (χ1n) is 10.9. The third kappa shape index (κ3) is 10.1. The van der Waals surface area contributed by atoms with Crippen molar-refractivity contribution in [2.45, 2.75) is 26.2 Å². The molecule has 0 radical (unpaired) electrons. The van der Waals surface area contributed by atoms with Crippen LogP contribution in [0.5, 0.6) is 0 Å².